The first kappa shape index (κ1) is 24.6. The molecule has 1 aliphatic carbocycles. The summed E-state index contributed by atoms with van der Waals surface area (Å²) >= 11 is 0. The van der Waals surface area contributed by atoms with E-state index >= 15 is 0 Å². The van der Waals surface area contributed by atoms with Crippen molar-refractivity contribution >= 4 is 23.1 Å². The lowest BCUT2D eigenvalue weighted by Gasteiger charge is -2.35. The molecule has 1 heterocycles. The Bertz CT molecular complexity index is 1380. The van der Waals surface area contributed by atoms with E-state index < -0.39 is 18.1 Å². The van der Waals surface area contributed by atoms with Crippen LogP contribution in [0, 0.1) is 6.92 Å². The zero-order valence-electron chi connectivity index (χ0n) is 20.3. The van der Waals surface area contributed by atoms with Crippen LogP contribution in [0.1, 0.15) is 41.5 Å². The first-order valence-corrected chi connectivity index (χ1v) is 11.9. The molecule has 0 bridgehead atoms. The summed E-state index contributed by atoms with van der Waals surface area (Å²) in [6, 6.07) is 19.4. The lowest BCUT2D eigenvalue weighted by molar-refractivity contribution is -0.170. The number of allylic oxidation sites excluding steroid dienone is 1. The number of para-hydroxylation sites is 2. The topological polar surface area (TPSA) is 58.6 Å². The predicted octanol–water partition coefficient (Wildman–Crippen LogP) is 6.47. The predicted molar refractivity (Wildman–Crippen MR) is 135 cm³/mol. The van der Waals surface area contributed by atoms with Gasteiger partial charge in [0.15, 0.2) is 5.78 Å². The van der Waals surface area contributed by atoms with Gasteiger partial charge in [0.1, 0.15) is 5.75 Å². The van der Waals surface area contributed by atoms with Gasteiger partial charge in [-0.3, -0.25) is 14.5 Å². The molecule has 3 aromatic carbocycles. The minimum absolute atomic E-state index is 0.0681. The van der Waals surface area contributed by atoms with Gasteiger partial charge in [0.05, 0.1) is 24.5 Å². The van der Waals surface area contributed by atoms with E-state index in [-0.39, 0.29) is 29.4 Å². The molecule has 0 spiro atoms. The van der Waals surface area contributed by atoms with Crippen LogP contribution in [-0.4, -0.2) is 25.0 Å². The van der Waals surface area contributed by atoms with Crippen LogP contribution in [0.5, 0.6) is 5.75 Å². The van der Waals surface area contributed by atoms with Crippen molar-refractivity contribution in [3.05, 3.63) is 101 Å². The molecule has 0 radical (unpaired) electrons. The number of fused-ring (bicyclic) bond motifs is 1. The highest BCUT2D eigenvalue weighted by molar-refractivity contribution is 6.07. The first-order valence-electron chi connectivity index (χ1n) is 11.9. The first-order chi connectivity index (χ1) is 17.7. The van der Waals surface area contributed by atoms with Crippen LogP contribution in [0.3, 0.4) is 0 Å². The van der Waals surface area contributed by atoms with E-state index in [2.05, 4.69) is 5.32 Å². The third-order valence-corrected chi connectivity index (χ3v) is 6.93. The molecule has 5 rings (SSSR count). The highest BCUT2D eigenvalue weighted by atomic mass is 19.4. The number of carbonyl (C=O) groups is 2. The molecule has 1 N–H and O–H groups in total. The molecule has 0 aromatic heterocycles. The molecule has 1 amide bonds. The summed E-state index contributed by atoms with van der Waals surface area (Å²) in [5.41, 5.74) is 3.38. The number of Topliss-reactive ketones (excluding diaryl/α,β-unsaturated/α-hetero) is 1. The summed E-state index contributed by atoms with van der Waals surface area (Å²) in [7, 11) is 1.57. The van der Waals surface area contributed by atoms with Gasteiger partial charge in [0, 0.05) is 17.7 Å². The number of methoxy groups -OCH3 is 1. The quantitative estimate of drug-likeness (QED) is 0.443. The summed E-state index contributed by atoms with van der Waals surface area (Å²) in [4.78, 5) is 27.4. The Morgan fingerprint density at radius 3 is 2.24 bits per heavy atom. The number of alkyl halides is 3. The summed E-state index contributed by atoms with van der Waals surface area (Å²) in [5, 5.41) is 3.23. The van der Waals surface area contributed by atoms with Crippen molar-refractivity contribution in [2.45, 2.75) is 37.9 Å². The average Bonchev–Trinajstić information content (AvgIpc) is 3.03. The number of hydrogen-bond acceptors (Lipinski definition) is 4. The summed E-state index contributed by atoms with van der Waals surface area (Å²) < 4.78 is 47.1. The van der Waals surface area contributed by atoms with Crippen LogP contribution in [0.15, 0.2) is 84.1 Å². The zero-order valence-corrected chi connectivity index (χ0v) is 20.3. The zero-order chi connectivity index (χ0) is 26.3. The van der Waals surface area contributed by atoms with E-state index in [1.165, 1.54) is 6.07 Å². The Hall–Kier alpha value is -4.07. The van der Waals surface area contributed by atoms with E-state index in [1.807, 2.05) is 31.2 Å². The van der Waals surface area contributed by atoms with Gasteiger partial charge in [0.2, 0.25) is 0 Å². The van der Waals surface area contributed by atoms with E-state index in [0.717, 1.165) is 16.0 Å². The van der Waals surface area contributed by atoms with Crippen molar-refractivity contribution in [3.8, 4) is 5.75 Å². The van der Waals surface area contributed by atoms with Gasteiger partial charge in [-0.15, -0.1) is 0 Å². The Kier molecular flexibility index (Phi) is 6.27. The molecule has 0 saturated carbocycles. The van der Waals surface area contributed by atoms with Gasteiger partial charge >= 0.3 is 12.1 Å². The largest absolute Gasteiger partial charge is 0.497 e. The molecule has 2 aliphatic rings. The minimum atomic E-state index is -5.13. The van der Waals surface area contributed by atoms with Crippen molar-refractivity contribution in [2.75, 3.05) is 17.3 Å². The van der Waals surface area contributed by atoms with Crippen LogP contribution in [-0.2, 0) is 9.59 Å². The molecule has 0 fully saturated rings. The van der Waals surface area contributed by atoms with Crippen molar-refractivity contribution < 1.29 is 27.5 Å². The Morgan fingerprint density at radius 1 is 0.946 bits per heavy atom. The van der Waals surface area contributed by atoms with Crippen LogP contribution in [0.4, 0.5) is 24.5 Å². The van der Waals surface area contributed by atoms with Crippen molar-refractivity contribution in [2.24, 2.45) is 0 Å². The molecule has 5 nitrogen and oxygen atoms in total. The lowest BCUT2D eigenvalue weighted by atomic mass is 9.78. The molecule has 37 heavy (non-hydrogen) atoms. The Balaban J connectivity index is 1.70. The monoisotopic (exact) mass is 506 g/mol. The SMILES string of the molecule is COc1ccc([C@H]2CC(=O)C3=C(C2)Nc2ccccc2N(C(=O)C(F)(F)F)[C@@H]3c2ccc(C)cc2)cc1. The number of ketones is 1. The van der Waals surface area contributed by atoms with Gasteiger partial charge in [-0.1, -0.05) is 54.1 Å². The summed E-state index contributed by atoms with van der Waals surface area (Å²) in [6.07, 6.45) is -4.62. The smallest absolute Gasteiger partial charge is 0.471 e. The third kappa shape index (κ3) is 4.59. The van der Waals surface area contributed by atoms with E-state index in [0.29, 0.717) is 29.1 Å². The minimum Gasteiger partial charge on any atom is -0.497 e. The molecule has 190 valence electrons. The van der Waals surface area contributed by atoms with Gasteiger partial charge in [-0.2, -0.15) is 13.2 Å². The maximum Gasteiger partial charge on any atom is 0.471 e. The fourth-order valence-electron chi connectivity index (χ4n) is 5.13. The number of anilines is 2. The van der Waals surface area contributed by atoms with Gasteiger partial charge in [0.25, 0.3) is 0 Å². The normalized spacial score (nSPS) is 19.5. The molecule has 2 atom stereocenters. The van der Waals surface area contributed by atoms with Crippen molar-refractivity contribution in [1.82, 2.24) is 0 Å². The second kappa shape index (κ2) is 9.42. The van der Waals surface area contributed by atoms with Crippen LogP contribution in [0.2, 0.25) is 0 Å². The molecule has 0 saturated heterocycles. The Labute approximate surface area is 212 Å². The van der Waals surface area contributed by atoms with Gasteiger partial charge in [-0.25, -0.2) is 0 Å². The Morgan fingerprint density at radius 2 is 1.59 bits per heavy atom. The fourth-order valence-corrected chi connectivity index (χ4v) is 5.13. The van der Waals surface area contributed by atoms with Crippen LogP contribution < -0.4 is 15.0 Å². The summed E-state index contributed by atoms with van der Waals surface area (Å²) in [5.74, 6) is -1.81. The molecule has 3 aromatic rings. The molecule has 0 unspecified atom stereocenters. The highest BCUT2D eigenvalue weighted by Gasteiger charge is 2.49. The van der Waals surface area contributed by atoms with Crippen LogP contribution in [0.25, 0.3) is 0 Å². The number of nitrogens with zero attached hydrogens (tertiary/aromatic N) is 1. The van der Waals surface area contributed by atoms with Gasteiger partial charge in [-0.05, 0) is 54.7 Å². The number of ether oxygens (including phenoxy) is 1. The number of amides is 1. The highest BCUT2D eigenvalue weighted by Crippen LogP contribution is 2.48. The standard InChI is InChI=1S/C29H25F3N2O3/c1-17-7-9-19(10-8-17)27-26-23(15-20(16-25(26)35)18-11-13-21(37-2)14-12-18)33-22-5-3-4-6-24(22)34(27)28(36)29(30,31)32/h3-14,20,27,33H,15-16H2,1-2H3/t20-,27-/m1/s1. The van der Waals surface area contributed by atoms with Crippen molar-refractivity contribution in [1.29, 1.82) is 0 Å². The number of hydrogen-bond donors (Lipinski definition) is 1. The van der Waals surface area contributed by atoms with E-state index in [1.54, 1.807) is 49.6 Å². The second-order valence-corrected chi connectivity index (χ2v) is 9.32. The third-order valence-electron chi connectivity index (χ3n) is 6.93. The lowest BCUT2D eigenvalue weighted by Crippen LogP contribution is -2.45. The summed E-state index contributed by atoms with van der Waals surface area (Å²) in [6.45, 7) is 1.86. The van der Waals surface area contributed by atoms with E-state index in [9.17, 15) is 22.8 Å². The fraction of sp³-hybridized carbons (Fsp3) is 0.241. The maximum atomic E-state index is 14.0. The molecular weight excluding hydrogens is 481 g/mol. The molecule has 8 heteroatoms. The number of halogens is 3. The number of aryl methyl sites for hydroxylation is 1. The van der Waals surface area contributed by atoms with Crippen LogP contribution >= 0.6 is 0 Å². The average molecular weight is 507 g/mol. The molecule has 1 aliphatic heterocycles. The second-order valence-electron chi connectivity index (χ2n) is 9.32. The number of benzene rings is 3. The number of nitrogens with one attached hydrogen (secondary N) is 1. The van der Waals surface area contributed by atoms with Crippen molar-refractivity contribution in [3.63, 3.8) is 0 Å². The van der Waals surface area contributed by atoms with Gasteiger partial charge < -0.3 is 10.1 Å². The number of carbonyl (C=O) groups excluding carboxylic acids is 2. The maximum absolute atomic E-state index is 14.0. The molecular formula is C29H25F3N2O3. The number of rotatable bonds is 3. The van der Waals surface area contributed by atoms with E-state index in [4.69, 9.17) is 4.74 Å².